The number of benzene rings is 2. The zero-order chi connectivity index (χ0) is 20.3. The van der Waals surface area contributed by atoms with Crippen LogP contribution in [0.15, 0.2) is 48.5 Å². The molecule has 1 fully saturated rings. The molecule has 0 aliphatic carbocycles. The van der Waals surface area contributed by atoms with E-state index in [1.807, 2.05) is 31.2 Å². The van der Waals surface area contributed by atoms with Crippen LogP contribution < -0.4 is 14.8 Å². The number of carbonyl (C=O) groups excluding carboxylic acids is 2. The number of methoxy groups -OCH3 is 1. The molecule has 0 radical (unpaired) electrons. The summed E-state index contributed by atoms with van der Waals surface area (Å²) in [4.78, 5) is 26.3. The number of hydrogen-bond acceptors (Lipinski definition) is 5. The lowest BCUT2D eigenvalue weighted by atomic mass is 9.91. The quantitative estimate of drug-likeness (QED) is 0.715. The standard InChI is InChI=1S/C21H24N2O5/c1-14-4-6-15(7-5-14)21(2)19(25)23(20(26)22-21)12-16(24)13-28-18-10-8-17(27-3)9-11-18/h4-11,16,24H,12-13H2,1-3H3,(H,22,26)/t16-,21-/m1/s1. The van der Waals surface area contributed by atoms with Gasteiger partial charge in [-0.1, -0.05) is 29.8 Å². The third kappa shape index (κ3) is 3.94. The van der Waals surface area contributed by atoms with Crippen molar-refractivity contribution in [2.24, 2.45) is 0 Å². The second-order valence-electron chi connectivity index (χ2n) is 6.98. The Bertz CT molecular complexity index is 850. The maximum Gasteiger partial charge on any atom is 0.325 e. The van der Waals surface area contributed by atoms with Gasteiger partial charge in [0.25, 0.3) is 5.91 Å². The van der Waals surface area contributed by atoms with Crippen molar-refractivity contribution in [1.29, 1.82) is 0 Å². The average Bonchev–Trinajstić information content (AvgIpc) is 2.91. The molecule has 3 amide bonds. The van der Waals surface area contributed by atoms with Crippen molar-refractivity contribution in [2.75, 3.05) is 20.3 Å². The molecule has 3 rings (SSSR count). The summed E-state index contributed by atoms with van der Waals surface area (Å²) in [6.45, 7) is 3.41. The number of ether oxygens (including phenoxy) is 2. The van der Waals surface area contributed by atoms with E-state index in [9.17, 15) is 14.7 Å². The molecule has 2 N–H and O–H groups in total. The lowest BCUT2D eigenvalue weighted by Gasteiger charge is -2.23. The van der Waals surface area contributed by atoms with Crippen molar-refractivity contribution in [1.82, 2.24) is 10.2 Å². The van der Waals surface area contributed by atoms with Gasteiger partial charge in [-0.2, -0.15) is 0 Å². The normalized spacial score (nSPS) is 20.1. The van der Waals surface area contributed by atoms with Gasteiger partial charge in [0, 0.05) is 0 Å². The zero-order valence-electron chi connectivity index (χ0n) is 16.1. The number of amides is 3. The van der Waals surface area contributed by atoms with Gasteiger partial charge >= 0.3 is 6.03 Å². The average molecular weight is 384 g/mol. The minimum Gasteiger partial charge on any atom is -0.497 e. The number of urea groups is 1. The Kier molecular flexibility index (Phi) is 5.56. The van der Waals surface area contributed by atoms with Crippen LogP contribution in [0.25, 0.3) is 0 Å². The van der Waals surface area contributed by atoms with Crippen LogP contribution in [0.3, 0.4) is 0 Å². The number of carbonyl (C=O) groups is 2. The van der Waals surface area contributed by atoms with Crippen LogP contribution in [0.5, 0.6) is 11.5 Å². The Labute approximate surface area is 163 Å². The Morgan fingerprint density at radius 3 is 2.29 bits per heavy atom. The zero-order valence-corrected chi connectivity index (χ0v) is 16.1. The maximum absolute atomic E-state index is 12.9. The molecule has 1 heterocycles. The molecular formula is C21H24N2O5. The van der Waals surface area contributed by atoms with E-state index in [1.165, 1.54) is 0 Å². The smallest absolute Gasteiger partial charge is 0.325 e. The van der Waals surface area contributed by atoms with Crippen molar-refractivity contribution in [3.8, 4) is 11.5 Å². The van der Waals surface area contributed by atoms with Crippen LogP contribution >= 0.6 is 0 Å². The molecule has 0 saturated carbocycles. The topological polar surface area (TPSA) is 88.1 Å². The van der Waals surface area contributed by atoms with Crippen LogP contribution in [0, 0.1) is 6.92 Å². The van der Waals surface area contributed by atoms with Gasteiger partial charge in [-0.05, 0) is 43.7 Å². The molecule has 7 nitrogen and oxygen atoms in total. The van der Waals surface area contributed by atoms with Gasteiger partial charge in [0.15, 0.2) is 0 Å². The van der Waals surface area contributed by atoms with Crippen molar-refractivity contribution in [3.05, 3.63) is 59.7 Å². The SMILES string of the molecule is COc1ccc(OC[C@H](O)CN2C(=O)N[C@](C)(c3ccc(C)cc3)C2=O)cc1. The van der Waals surface area contributed by atoms with Gasteiger partial charge in [-0.15, -0.1) is 0 Å². The van der Waals surface area contributed by atoms with Crippen molar-refractivity contribution < 1.29 is 24.2 Å². The van der Waals surface area contributed by atoms with Gasteiger partial charge in [0.2, 0.25) is 0 Å². The van der Waals surface area contributed by atoms with Gasteiger partial charge in [-0.3, -0.25) is 9.69 Å². The minimum absolute atomic E-state index is 0.0510. The molecule has 2 aromatic carbocycles. The first kappa shape index (κ1) is 19.7. The van der Waals surface area contributed by atoms with Crippen LogP contribution in [0.4, 0.5) is 4.79 Å². The fourth-order valence-electron chi connectivity index (χ4n) is 3.07. The lowest BCUT2D eigenvalue weighted by molar-refractivity contribution is -0.132. The third-order valence-electron chi connectivity index (χ3n) is 4.80. The van der Waals surface area contributed by atoms with E-state index in [4.69, 9.17) is 9.47 Å². The summed E-state index contributed by atoms with van der Waals surface area (Å²) >= 11 is 0. The molecule has 2 atom stereocenters. The second-order valence-corrected chi connectivity index (χ2v) is 6.98. The van der Waals surface area contributed by atoms with E-state index in [-0.39, 0.29) is 13.2 Å². The van der Waals surface area contributed by atoms with Crippen LogP contribution in [-0.4, -0.2) is 48.3 Å². The number of imide groups is 1. The summed E-state index contributed by atoms with van der Waals surface area (Å²) in [6.07, 6.45) is -1.02. The van der Waals surface area contributed by atoms with E-state index in [0.29, 0.717) is 17.1 Å². The maximum atomic E-state index is 12.9. The monoisotopic (exact) mass is 384 g/mol. The second kappa shape index (κ2) is 7.90. The molecule has 1 saturated heterocycles. The summed E-state index contributed by atoms with van der Waals surface area (Å²) in [6, 6.07) is 13.8. The van der Waals surface area contributed by atoms with E-state index in [2.05, 4.69) is 5.32 Å². The molecule has 0 aromatic heterocycles. The van der Waals surface area contributed by atoms with Crippen LogP contribution in [-0.2, 0) is 10.3 Å². The summed E-state index contributed by atoms with van der Waals surface area (Å²) < 4.78 is 10.6. The number of aliphatic hydroxyl groups is 1. The minimum atomic E-state index is -1.15. The first-order valence-electron chi connectivity index (χ1n) is 8.99. The summed E-state index contributed by atoms with van der Waals surface area (Å²) in [5, 5.41) is 13.0. The van der Waals surface area contributed by atoms with Crippen LogP contribution in [0.1, 0.15) is 18.1 Å². The van der Waals surface area contributed by atoms with E-state index >= 15 is 0 Å². The fourth-order valence-corrected chi connectivity index (χ4v) is 3.07. The van der Waals surface area contributed by atoms with Crippen molar-refractivity contribution in [2.45, 2.75) is 25.5 Å². The lowest BCUT2D eigenvalue weighted by Crippen LogP contribution is -2.42. The molecular weight excluding hydrogens is 360 g/mol. The molecule has 1 aliphatic heterocycles. The highest BCUT2D eigenvalue weighted by molar-refractivity contribution is 6.07. The number of nitrogens with one attached hydrogen (secondary N) is 1. The van der Waals surface area contributed by atoms with Gasteiger partial charge in [0.05, 0.1) is 13.7 Å². The number of aliphatic hydroxyl groups excluding tert-OH is 1. The Balaban J connectivity index is 1.62. The highest BCUT2D eigenvalue weighted by Gasteiger charge is 2.49. The predicted molar refractivity (Wildman–Crippen MR) is 103 cm³/mol. The number of β-amino-alcohol motifs (C(OH)–C–C–N with tert-alkyl or cyclic N) is 1. The number of rotatable bonds is 7. The molecule has 1 aliphatic rings. The van der Waals surface area contributed by atoms with E-state index in [1.54, 1.807) is 38.3 Å². The Morgan fingerprint density at radius 1 is 1.07 bits per heavy atom. The highest BCUT2D eigenvalue weighted by atomic mass is 16.5. The number of nitrogens with zero attached hydrogens (tertiary/aromatic N) is 1. The van der Waals surface area contributed by atoms with Crippen LogP contribution in [0.2, 0.25) is 0 Å². The number of hydrogen-bond donors (Lipinski definition) is 2. The van der Waals surface area contributed by atoms with E-state index in [0.717, 1.165) is 10.5 Å². The third-order valence-corrected chi connectivity index (χ3v) is 4.80. The van der Waals surface area contributed by atoms with Gasteiger partial charge < -0.3 is 19.9 Å². The van der Waals surface area contributed by atoms with E-state index < -0.39 is 23.6 Å². The summed E-state index contributed by atoms with van der Waals surface area (Å²) in [7, 11) is 1.57. The molecule has 0 bridgehead atoms. The molecule has 28 heavy (non-hydrogen) atoms. The van der Waals surface area contributed by atoms with Gasteiger partial charge in [0.1, 0.15) is 29.7 Å². The first-order valence-corrected chi connectivity index (χ1v) is 8.99. The molecule has 7 heteroatoms. The van der Waals surface area contributed by atoms with Crippen molar-refractivity contribution >= 4 is 11.9 Å². The summed E-state index contributed by atoms with van der Waals surface area (Å²) in [5.41, 5.74) is 0.608. The number of aryl methyl sites for hydroxylation is 1. The Morgan fingerprint density at radius 2 is 1.68 bits per heavy atom. The molecule has 0 unspecified atom stereocenters. The molecule has 2 aromatic rings. The molecule has 148 valence electrons. The predicted octanol–water partition coefficient (Wildman–Crippen LogP) is 2.21. The summed E-state index contributed by atoms with van der Waals surface area (Å²) in [5.74, 6) is 0.856. The fraction of sp³-hybridized carbons (Fsp3) is 0.333. The van der Waals surface area contributed by atoms with Gasteiger partial charge in [-0.25, -0.2) is 4.79 Å². The largest absolute Gasteiger partial charge is 0.497 e. The Hall–Kier alpha value is -3.06. The van der Waals surface area contributed by atoms with Crippen molar-refractivity contribution in [3.63, 3.8) is 0 Å². The molecule has 0 spiro atoms. The first-order chi connectivity index (χ1) is 13.3. The highest BCUT2D eigenvalue weighted by Crippen LogP contribution is 2.29.